The highest BCUT2D eigenvalue weighted by Gasteiger charge is 2.25. The lowest BCUT2D eigenvalue weighted by atomic mass is 9.97. The molecule has 3 rings (SSSR count). The number of hydrogen-bond donors (Lipinski definition) is 3. The third-order valence-corrected chi connectivity index (χ3v) is 5.45. The van der Waals surface area contributed by atoms with Crippen molar-refractivity contribution in [1.82, 2.24) is 20.5 Å². The SMILES string of the molecule is CC(C)OC(=O)OCOC(=O)[C@H](O)C[C@@H](Cc1ccc(-c2cc(Cl)ccc2F)cc1)NC(=O)c1cn(O)nn1. The lowest BCUT2D eigenvalue weighted by Crippen LogP contribution is -2.41. The van der Waals surface area contributed by atoms with E-state index in [4.69, 9.17) is 21.1 Å². The summed E-state index contributed by atoms with van der Waals surface area (Å²) in [4.78, 5) is 36.6. The van der Waals surface area contributed by atoms with E-state index in [2.05, 4.69) is 20.4 Å². The first-order chi connectivity index (χ1) is 18.5. The fourth-order valence-corrected chi connectivity index (χ4v) is 3.63. The average Bonchev–Trinajstić information content (AvgIpc) is 3.32. The van der Waals surface area contributed by atoms with Gasteiger partial charge in [0.15, 0.2) is 11.8 Å². The molecule has 1 heterocycles. The second-order valence-corrected chi connectivity index (χ2v) is 9.05. The first kappa shape index (κ1) is 29.3. The van der Waals surface area contributed by atoms with Crippen LogP contribution in [0.3, 0.4) is 0 Å². The van der Waals surface area contributed by atoms with Crippen molar-refractivity contribution in [3.05, 3.63) is 70.8 Å². The Bertz CT molecular complexity index is 1300. The molecule has 2 atom stereocenters. The number of aromatic nitrogens is 3. The molecule has 1 amide bonds. The van der Waals surface area contributed by atoms with Crippen molar-refractivity contribution in [3.63, 3.8) is 0 Å². The van der Waals surface area contributed by atoms with E-state index in [0.717, 1.165) is 6.20 Å². The molecule has 12 nitrogen and oxygen atoms in total. The van der Waals surface area contributed by atoms with E-state index in [9.17, 15) is 29.1 Å². The minimum Gasteiger partial charge on any atom is -0.431 e. The number of hydrogen-bond acceptors (Lipinski definition) is 10. The van der Waals surface area contributed by atoms with Gasteiger partial charge in [0.25, 0.3) is 5.91 Å². The molecule has 0 saturated carbocycles. The summed E-state index contributed by atoms with van der Waals surface area (Å²) in [5, 5.41) is 29.5. The normalized spacial score (nSPS) is 12.5. The highest BCUT2D eigenvalue weighted by Crippen LogP contribution is 2.26. The van der Waals surface area contributed by atoms with E-state index in [1.54, 1.807) is 38.1 Å². The van der Waals surface area contributed by atoms with Crippen LogP contribution in [0, 0.1) is 5.82 Å². The fourth-order valence-electron chi connectivity index (χ4n) is 3.46. The van der Waals surface area contributed by atoms with Gasteiger partial charge in [-0.05, 0) is 54.8 Å². The zero-order valence-corrected chi connectivity index (χ0v) is 21.7. The number of rotatable bonds is 11. The molecule has 3 aromatic rings. The van der Waals surface area contributed by atoms with Crippen LogP contribution in [0.5, 0.6) is 0 Å². The van der Waals surface area contributed by atoms with Crippen LogP contribution in [0.1, 0.15) is 36.3 Å². The summed E-state index contributed by atoms with van der Waals surface area (Å²) in [6, 6.07) is 10.1. The number of aliphatic hydroxyl groups excluding tert-OH is 1. The Labute approximate surface area is 227 Å². The number of ether oxygens (including phenoxy) is 3. The van der Waals surface area contributed by atoms with Gasteiger partial charge < -0.3 is 29.8 Å². The summed E-state index contributed by atoms with van der Waals surface area (Å²) in [5.41, 5.74) is 1.35. The molecule has 2 aromatic carbocycles. The summed E-state index contributed by atoms with van der Waals surface area (Å²) in [6.45, 7) is 2.44. The van der Waals surface area contributed by atoms with Crippen molar-refractivity contribution in [3.8, 4) is 11.1 Å². The monoisotopic (exact) mass is 564 g/mol. The lowest BCUT2D eigenvalue weighted by Gasteiger charge is -2.21. The van der Waals surface area contributed by atoms with Crippen LogP contribution >= 0.6 is 11.6 Å². The molecule has 14 heteroatoms. The number of nitrogens with one attached hydrogen (secondary N) is 1. The van der Waals surface area contributed by atoms with Crippen molar-refractivity contribution in [2.45, 2.75) is 44.9 Å². The quantitative estimate of drug-likeness (QED) is 0.179. The first-order valence-electron chi connectivity index (χ1n) is 11.7. The van der Waals surface area contributed by atoms with Gasteiger partial charge in [-0.1, -0.05) is 40.7 Å². The molecule has 0 aliphatic carbocycles. The van der Waals surface area contributed by atoms with Crippen LogP contribution in [-0.2, 0) is 25.4 Å². The number of aliphatic hydroxyl groups is 1. The van der Waals surface area contributed by atoms with E-state index in [1.807, 2.05) is 0 Å². The number of carbonyl (C=O) groups excluding carboxylic acids is 3. The Morgan fingerprint density at radius 1 is 1.13 bits per heavy atom. The summed E-state index contributed by atoms with van der Waals surface area (Å²) >= 11 is 5.98. The number of carbonyl (C=O) groups is 3. The van der Waals surface area contributed by atoms with E-state index < -0.39 is 48.9 Å². The molecular formula is C25H26ClFN4O8. The second-order valence-electron chi connectivity index (χ2n) is 8.61. The number of halogens is 2. The van der Waals surface area contributed by atoms with Crippen LogP contribution in [0.15, 0.2) is 48.7 Å². The standard InChI is InChI=1S/C25H26ClFN4O8/c1-14(2)39-25(35)38-13-37-24(34)22(32)11-18(28-23(33)21-12-31(36)30-29-21)9-15-3-5-16(6-4-15)19-10-17(26)7-8-20(19)27/h3-8,10,12,14,18,22,32,36H,9,11,13H2,1-2H3,(H,28,33)/t18-,22-/m1/s1. The molecule has 39 heavy (non-hydrogen) atoms. The molecule has 0 fully saturated rings. The molecule has 0 aliphatic rings. The third-order valence-electron chi connectivity index (χ3n) is 5.21. The van der Waals surface area contributed by atoms with E-state index in [0.29, 0.717) is 26.6 Å². The largest absolute Gasteiger partial charge is 0.511 e. The number of esters is 1. The molecule has 0 bridgehead atoms. The Balaban J connectivity index is 1.68. The van der Waals surface area contributed by atoms with Crippen LogP contribution in [0.2, 0.25) is 5.02 Å². The number of benzene rings is 2. The summed E-state index contributed by atoms with van der Waals surface area (Å²) in [5.74, 6) is -2.27. The van der Waals surface area contributed by atoms with Crippen molar-refractivity contribution in [2.24, 2.45) is 0 Å². The molecule has 0 unspecified atom stereocenters. The molecule has 0 spiro atoms. The average molecular weight is 565 g/mol. The Morgan fingerprint density at radius 2 is 1.85 bits per heavy atom. The van der Waals surface area contributed by atoms with Gasteiger partial charge in [-0.2, -0.15) is 0 Å². The van der Waals surface area contributed by atoms with Gasteiger partial charge in [-0.3, -0.25) is 4.79 Å². The highest BCUT2D eigenvalue weighted by atomic mass is 35.5. The second kappa shape index (κ2) is 13.5. The van der Waals surface area contributed by atoms with E-state index in [1.165, 1.54) is 18.2 Å². The van der Waals surface area contributed by atoms with E-state index >= 15 is 0 Å². The predicted octanol–water partition coefficient (Wildman–Crippen LogP) is 3.13. The van der Waals surface area contributed by atoms with Crippen molar-refractivity contribution < 1.29 is 43.3 Å². The zero-order valence-electron chi connectivity index (χ0n) is 20.9. The van der Waals surface area contributed by atoms with Crippen molar-refractivity contribution in [1.29, 1.82) is 0 Å². The van der Waals surface area contributed by atoms with Gasteiger partial charge in [0.05, 0.1) is 12.3 Å². The minimum absolute atomic E-state index is 0.138. The lowest BCUT2D eigenvalue weighted by molar-refractivity contribution is -0.164. The predicted molar refractivity (Wildman–Crippen MR) is 133 cm³/mol. The fraction of sp³-hybridized carbons (Fsp3) is 0.320. The van der Waals surface area contributed by atoms with Gasteiger partial charge in [0, 0.05) is 23.0 Å². The van der Waals surface area contributed by atoms with Crippen molar-refractivity contribution >= 4 is 29.6 Å². The Morgan fingerprint density at radius 3 is 2.49 bits per heavy atom. The third kappa shape index (κ3) is 8.93. The van der Waals surface area contributed by atoms with Crippen LogP contribution in [0.25, 0.3) is 11.1 Å². The minimum atomic E-state index is -1.70. The van der Waals surface area contributed by atoms with Gasteiger partial charge in [-0.25, -0.2) is 14.0 Å². The maximum absolute atomic E-state index is 14.2. The highest BCUT2D eigenvalue weighted by molar-refractivity contribution is 6.30. The van der Waals surface area contributed by atoms with Gasteiger partial charge in [0.2, 0.25) is 6.79 Å². The molecule has 1 aromatic heterocycles. The van der Waals surface area contributed by atoms with E-state index in [-0.39, 0.29) is 18.5 Å². The summed E-state index contributed by atoms with van der Waals surface area (Å²) in [7, 11) is 0. The Kier molecular flexibility index (Phi) is 10.2. The van der Waals surface area contributed by atoms with Crippen LogP contribution < -0.4 is 5.32 Å². The summed E-state index contributed by atoms with van der Waals surface area (Å²) in [6.07, 6.45) is -2.37. The maximum atomic E-state index is 14.2. The van der Waals surface area contributed by atoms with Gasteiger partial charge >= 0.3 is 12.1 Å². The first-order valence-corrected chi connectivity index (χ1v) is 12.0. The number of amides is 1. The van der Waals surface area contributed by atoms with Crippen LogP contribution in [0.4, 0.5) is 9.18 Å². The molecule has 0 radical (unpaired) electrons. The van der Waals surface area contributed by atoms with Gasteiger partial charge in [-0.15, -0.1) is 5.10 Å². The number of nitrogens with zero attached hydrogens (tertiary/aromatic N) is 3. The Hall–Kier alpha value is -4.23. The molecule has 208 valence electrons. The van der Waals surface area contributed by atoms with Crippen molar-refractivity contribution in [2.75, 3.05) is 6.79 Å². The zero-order chi connectivity index (χ0) is 28.5. The summed E-state index contributed by atoms with van der Waals surface area (Å²) < 4.78 is 28.3. The molecular weight excluding hydrogens is 539 g/mol. The van der Waals surface area contributed by atoms with Crippen LogP contribution in [-0.4, -0.2) is 68.5 Å². The maximum Gasteiger partial charge on any atom is 0.511 e. The topological polar surface area (TPSA) is 162 Å². The molecule has 0 saturated heterocycles. The molecule has 0 aliphatic heterocycles. The molecule has 3 N–H and O–H groups in total. The van der Waals surface area contributed by atoms with Gasteiger partial charge in [0.1, 0.15) is 5.82 Å². The smallest absolute Gasteiger partial charge is 0.431 e.